The molecular formula is C27H22N4O3. The lowest BCUT2D eigenvalue weighted by Gasteiger charge is -2.23. The van der Waals surface area contributed by atoms with E-state index >= 15 is 0 Å². The van der Waals surface area contributed by atoms with E-state index in [1.54, 1.807) is 19.1 Å². The van der Waals surface area contributed by atoms with Crippen molar-refractivity contribution in [2.45, 2.75) is 33.6 Å². The van der Waals surface area contributed by atoms with Crippen molar-refractivity contribution < 1.29 is 9.59 Å². The van der Waals surface area contributed by atoms with Crippen molar-refractivity contribution in [3.8, 4) is 5.69 Å². The van der Waals surface area contributed by atoms with Gasteiger partial charge in [0.1, 0.15) is 0 Å². The minimum atomic E-state index is -0.480. The fourth-order valence-electron chi connectivity index (χ4n) is 4.98. The number of nitrogens with zero attached hydrogens (tertiary/aromatic N) is 3. The number of rotatable bonds is 3. The fraction of sp³-hybridized carbons (Fsp3) is 0.185. The predicted molar refractivity (Wildman–Crippen MR) is 130 cm³/mol. The zero-order chi connectivity index (χ0) is 23.7. The summed E-state index contributed by atoms with van der Waals surface area (Å²) in [6.07, 6.45) is 3.13. The molecule has 2 heterocycles. The first-order valence-electron chi connectivity index (χ1n) is 11.2. The molecule has 0 atom stereocenters. The Morgan fingerprint density at radius 2 is 1.47 bits per heavy atom. The molecular weight excluding hydrogens is 428 g/mol. The Morgan fingerprint density at radius 3 is 2.09 bits per heavy atom. The number of carbonyl (C=O) groups excluding carboxylic acids is 2. The van der Waals surface area contributed by atoms with E-state index in [2.05, 4.69) is 10.2 Å². The molecule has 7 heteroatoms. The average Bonchev–Trinajstić information content (AvgIpc) is 3.37. The monoisotopic (exact) mass is 450 g/mol. The van der Waals surface area contributed by atoms with Gasteiger partial charge in [-0.25, -0.2) is 4.68 Å². The lowest BCUT2D eigenvalue weighted by molar-refractivity contribution is 0.0616. The van der Waals surface area contributed by atoms with E-state index in [-0.39, 0.29) is 5.56 Å². The van der Waals surface area contributed by atoms with Crippen LogP contribution >= 0.6 is 0 Å². The topological polar surface area (TPSA) is 87.5 Å². The molecule has 0 unspecified atom stereocenters. The van der Waals surface area contributed by atoms with Crippen molar-refractivity contribution in [2.24, 2.45) is 5.10 Å². The van der Waals surface area contributed by atoms with Crippen LogP contribution in [0.2, 0.25) is 0 Å². The summed E-state index contributed by atoms with van der Waals surface area (Å²) in [6, 6.07) is 13.2. The number of amides is 2. The number of hydrogen-bond donors (Lipinski definition) is 1. The molecule has 3 aromatic carbocycles. The second kappa shape index (κ2) is 7.12. The summed E-state index contributed by atoms with van der Waals surface area (Å²) in [5.74, 6) is -0.959. The molecule has 0 saturated carbocycles. The Hall–Kier alpha value is -4.26. The molecule has 6 rings (SSSR count). The zero-order valence-corrected chi connectivity index (χ0v) is 19.1. The lowest BCUT2D eigenvalue weighted by atomic mass is 9.92. The Balaban J connectivity index is 1.40. The molecule has 168 valence electrons. The van der Waals surface area contributed by atoms with E-state index in [1.165, 1.54) is 22.0 Å². The van der Waals surface area contributed by atoms with E-state index in [9.17, 15) is 14.4 Å². The highest BCUT2D eigenvalue weighted by molar-refractivity contribution is 6.26. The van der Waals surface area contributed by atoms with Crippen LogP contribution in [0.15, 0.2) is 52.4 Å². The molecule has 2 amide bonds. The van der Waals surface area contributed by atoms with Gasteiger partial charge in [0.25, 0.3) is 17.4 Å². The van der Waals surface area contributed by atoms with Gasteiger partial charge in [-0.3, -0.25) is 19.5 Å². The van der Waals surface area contributed by atoms with Gasteiger partial charge in [-0.05, 0) is 85.5 Å². The molecule has 1 aromatic heterocycles. The van der Waals surface area contributed by atoms with E-state index in [0.29, 0.717) is 28.1 Å². The Kier molecular flexibility index (Phi) is 4.26. The van der Waals surface area contributed by atoms with Crippen molar-refractivity contribution in [1.29, 1.82) is 0 Å². The fourth-order valence-corrected chi connectivity index (χ4v) is 4.98. The van der Waals surface area contributed by atoms with E-state index in [1.807, 2.05) is 44.2 Å². The first-order chi connectivity index (χ1) is 16.3. The van der Waals surface area contributed by atoms with Crippen LogP contribution in [0.4, 0.5) is 0 Å². The van der Waals surface area contributed by atoms with Crippen molar-refractivity contribution >= 4 is 28.8 Å². The van der Waals surface area contributed by atoms with E-state index < -0.39 is 11.8 Å². The van der Waals surface area contributed by atoms with Crippen LogP contribution in [0.25, 0.3) is 16.5 Å². The van der Waals surface area contributed by atoms with E-state index in [4.69, 9.17) is 0 Å². The van der Waals surface area contributed by atoms with Crippen molar-refractivity contribution in [1.82, 2.24) is 14.8 Å². The predicted octanol–water partition coefficient (Wildman–Crippen LogP) is 3.97. The minimum Gasteiger partial charge on any atom is -0.295 e. The molecule has 1 N–H and O–H groups in total. The van der Waals surface area contributed by atoms with Gasteiger partial charge >= 0.3 is 0 Å². The van der Waals surface area contributed by atoms with E-state index in [0.717, 1.165) is 39.7 Å². The molecule has 0 saturated heterocycles. The van der Waals surface area contributed by atoms with Gasteiger partial charge in [0.05, 0.1) is 28.6 Å². The molecule has 1 aliphatic carbocycles. The highest BCUT2D eigenvalue weighted by Crippen LogP contribution is 2.38. The summed E-state index contributed by atoms with van der Waals surface area (Å²) in [4.78, 5) is 39.6. The second-order valence-corrected chi connectivity index (χ2v) is 9.02. The molecule has 0 radical (unpaired) electrons. The number of hydrazone groups is 1. The molecule has 0 spiro atoms. The van der Waals surface area contributed by atoms with Gasteiger partial charge in [-0.15, -0.1) is 0 Å². The first-order valence-corrected chi connectivity index (χ1v) is 11.2. The van der Waals surface area contributed by atoms with Crippen LogP contribution in [0.1, 0.15) is 54.2 Å². The summed E-state index contributed by atoms with van der Waals surface area (Å²) in [5.41, 5.74) is 6.76. The second-order valence-electron chi connectivity index (χ2n) is 9.02. The Bertz CT molecular complexity index is 1600. The summed E-state index contributed by atoms with van der Waals surface area (Å²) in [5, 5.41) is 9.87. The largest absolute Gasteiger partial charge is 0.295 e. The van der Waals surface area contributed by atoms with Gasteiger partial charge in [0.2, 0.25) is 0 Å². The number of nitrogens with one attached hydrogen (secondary N) is 1. The van der Waals surface area contributed by atoms with Crippen LogP contribution in [0.5, 0.6) is 0 Å². The molecule has 34 heavy (non-hydrogen) atoms. The highest BCUT2D eigenvalue weighted by atomic mass is 16.2. The van der Waals surface area contributed by atoms with Crippen molar-refractivity contribution in [3.05, 3.63) is 97.5 Å². The number of aryl methyl sites for hydroxylation is 5. The van der Waals surface area contributed by atoms with Crippen molar-refractivity contribution in [3.63, 3.8) is 0 Å². The van der Waals surface area contributed by atoms with Crippen LogP contribution in [0.3, 0.4) is 0 Å². The molecule has 0 bridgehead atoms. The number of benzene rings is 3. The maximum atomic E-state index is 13.2. The first kappa shape index (κ1) is 20.4. The number of hydrogen-bond acceptors (Lipinski definition) is 4. The number of H-pyrrole nitrogens is 1. The van der Waals surface area contributed by atoms with Gasteiger partial charge in [-0.2, -0.15) is 10.1 Å². The molecule has 7 nitrogen and oxygen atoms in total. The normalized spacial score (nSPS) is 14.7. The van der Waals surface area contributed by atoms with Gasteiger partial charge in [0.15, 0.2) is 0 Å². The minimum absolute atomic E-state index is 0.290. The van der Waals surface area contributed by atoms with Crippen LogP contribution in [-0.2, 0) is 12.8 Å². The van der Waals surface area contributed by atoms with Gasteiger partial charge in [-0.1, -0.05) is 18.2 Å². The summed E-state index contributed by atoms with van der Waals surface area (Å²) in [6.45, 7) is 5.76. The summed E-state index contributed by atoms with van der Waals surface area (Å²) in [7, 11) is 0. The number of aromatic nitrogens is 2. The maximum absolute atomic E-state index is 13.2. The third-order valence-corrected chi connectivity index (χ3v) is 7.01. The zero-order valence-electron chi connectivity index (χ0n) is 19.1. The number of aromatic amines is 1. The Morgan fingerprint density at radius 1 is 0.824 bits per heavy atom. The molecule has 1 aliphatic heterocycles. The summed E-state index contributed by atoms with van der Waals surface area (Å²) < 4.78 is 1.44. The third kappa shape index (κ3) is 2.76. The van der Waals surface area contributed by atoms with Crippen molar-refractivity contribution in [2.75, 3.05) is 0 Å². The summed E-state index contributed by atoms with van der Waals surface area (Å²) >= 11 is 0. The lowest BCUT2D eigenvalue weighted by Crippen LogP contribution is -2.36. The molecule has 4 aromatic rings. The third-order valence-electron chi connectivity index (χ3n) is 7.01. The van der Waals surface area contributed by atoms with Gasteiger partial charge < -0.3 is 0 Å². The molecule has 0 fully saturated rings. The quantitative estimate of drug-likeness (QED) is 0.378. The smallest absolute Gasteiger partial charge is 0.282 e. The Labute approximate surface area is 195 Å². The standard InChI is InChI=1S/C27H22N4O3/c1-14-4-9-19(12-15(14)2)30-27(34)22(16(3)29-30)13-28-31-25(32)20-10-7-17-5-6-18-8-11-21(26(31)33)24(20)23(17)18/h4,7-13,29H,5-6H2,1-3H3/b28-13+. The highest BCUT2D eigenvalue weighted by Gasteiger charge is 2.35. The van der Waals surface area contributed by atoms with Crippen LogP contribution in [-0.4, -0.2) is 32.8 Å². The van der Waals surface area contributed by atoms with Crippen LogP contribution in [0, 0.1) is 20.8 Å². The average molecular weight is 450 g/mol. The van der Waals surface area contributed by atoms with Gasteiger partial charge in [0, 0.05) is 11.1 Å². The maximum Gasteiger partial charge on any atom is 0.282 e. The SMILES string of the molecule is Cc1ccc(-n2[nH]c(C)c(/C=N/N3C(=O)c4ccc5c6c(ccc(c46)C3=O)CC5)c2=O)cc1C. The molecule has 2 aliphatic rings. The number of imide groups is 1. The van der Waals surface area contributed by atoms with Crippen LogP contribution < -0.4 is 5.56 Å². The number of carbonyl (C=O) groups is 2.